The lowest BCUT2D eigenvalue weighted by atomic mass is 10.2. The molecule has 0 saturated heterocycles. The van der Waals surface area contributed by atoms with Gasteiger partial charge in [-0.05, 0) is 30.5 Å². The van der Waals surface area contributed by atoms with Gasteiger partial charge in [0.05, 0.1) is 12.5 Å². The summed E-state index contributed by atoms with van der Waals surface area (Å²) >= 11 is 0. The monoisotopic (exact) mass is 315 g/mol. The molecule has 0 saturated carbocycles. The Bertz CT molecular complexity index is 608. The van der Waals surface area contributed by atoms with Crippen LogP contribution in [0.3, 0.4) is 0 Å². The molecule has 1 aromatic heterocycles. The zero-order valence-corrected chi connectivity index (χ0v) is 12.9. The quantitative estimate of drug-likeness (QED) is 0.374. The van der Waals surface area contributed by atoms with Crippen LogP contribution >= 0.6 is 0 Å². The van der Waals surface area contributed by atoms with Crippen LogP contribution in [0.15, 0.2) is 48.1 Å². The molecular formula is C16H21N5O2. The largest absolute Gasteiger partial charge is 0.317 e. The van der Waals surface area contributed by atoms with Gasteiger partial charge in [0.2, 0.25) is 5.91 Å². The summed E-state index contributed by atoms with van der Waals surface area (Å²) in [6, 6.07) is 7.76. The van der Waals surface area contributed by atoms with Gasteiger partial charge in [-0.25, -0.2) is 15.9 Å². The van der Waals surface area contributed by atoms with Gasteiger partial charge in [0.25, 0.3) is 0 Å². The van der Waals surface area contributed by atoms with Gasteiger partial charge in [-0.1, -0.05) is 18.6 Å². The number of benzene rings is 1. The number of hydrogen-bond donors (Lipinski definition) is 3. The van der Waals surface area contributed by atoms with Gasteiger partial charge in [-0.2, -0.15) is 5.10 Å². The van der Waals surface area contributed by atoms with Crippen molar-refractivity contribution in [3.63, 3.8) is 0 Å². The molecule has 122 valence electrons. The Morgan fingerprint density at radius 1 is 1.26 bits per heavy atom. The van der Waals surface area contributed by atoms with Gasteiger partial charge in [0, 0.05) is 31.0 Å². The molecule has 2 aromatic rings. The summed E-state index contributed by atoms with van der Waals surface area (Å²) in [5, 5.41) is 12.4. The van der Waals surface area contributed by atoms with Gasteiger partial charge < -0.3 is 9.77 Å². The molecule has 1 heterocycles. The van der Waals surface area contributed by atoms with E-state index in [1.807, 2.05) is 35.0 Å². The van der Waals surface area contributed by atoms with Gasteiger partial charge >= 0.3 is 0 Å². The lowest BCUT2D eigenvalue weighted by Crippen LogP contribution is -2.17. The lowest BCUT2D eigenvalue weighted by molar-refractivity contribution is -0.121. The molecule has 0 fully saturated rings. The third-order valence-corrected chi connectivity index (χ3v) is 3.29. The summed E-state index contributed by atoms with van der Waals surface area (Å²) in [6.07, 6.45) is 9.90. The normalized spacial score (nSPS) is 11.0. The molecule has 2 rings (SSSR count). The molecule has 0 unspecified atom stereocenters. The third kappa shape index (κ3) is 6.01. The fraction of sp³-hybridized carbons (Fsp3) is 0.312. The van der Waals surface area contributed by atoms with Crippen molar-refractivity contribution in [3.05, 3.63) is 48.5 Å². The number of carbonyl (C=O) groups excluding carboxylic acids is 1. The molecule has 23 heavy (non-hydrogen) atoms. The number of nitrogens with one attached hydrogen (secondary N) is 2. The van der Waals surface area contributed by atoms with Crippen molar-refractivity contribution in [2.75, 3.05) is 6.54 Å². The van der Waals surface area contributed by atoms with Crippen LogP contribution in [0.4, 0.5) is 0 Å². The first kappa shape index (κ1) is 16.9. The average Bonchev–Trinajstić information content (AvgIpc) is 3.10. The predicted octanol–water partition coefficient (Wildman–Crippen LogP) is 1.86. The fourth-order valence-electron chi connectivity index (χ4n) is 2.05. The van der Waals surface area contributed by atoms with Crippen LogP contribution in [0.1, 0.15) is 31.2 Å². The Morgan fingerprint density at radius 3 is 2.78 bits per heavy atom. The summed E-state index contributed by atoms with van der Waals surface area (Å²) in [5.41, 5.74) is 6.53. The van der Waals surface area contributed by atoms with Crippen LogP contribution in [0.5, 0.6) is 0 Å². The van der Waals surface area contributed by atoms with E-state index in [1.54, 1.807) is 18.7 Å². The summed E-state index contributed by atoms with van der Waals surface area (Å²) in [4.78, 5) is 15.6. The Labute approximate surface area is 135 Å². The molecule has 1 amide bonds. The van der Waals surface area contributed by atoms with E-state index in [-0.39, 0.29) is 5.91 Å². The predicted molar refractivity (Wildman–Crippen MR) is 87.6 cm³/mol. The minimum absolute atomic E-state index is 0.103. The summed E-state index contributed by atoms with van der Waals surface area (Å²) < 4.78 is 1.91. The number of carbonyl (C=O) groups is 1. The first-order valence-corrected chi connectivity index (χ1v) is 7.57. The summed E-state index contributed by atoms with van der Waals surface area (Å²) in [7, 11) is 0. The topological polar surface area (TPSA) is 91.5 Å². The first-order chi connectivity index (χ1) is 11.3. The highest BCUT2D eigenvalue weighted by atomic mass is 16.5. The molecule has 0 atom stereocenters. The zero-order chi connectivity index (χ0) is 16.3. The maximum absolute atomic E-state index is 11.6. The standard InChI is InChI=1S/C16H21N5O2/c22-16(4-2-1-3-9-19-23)20-18-12-14-5-7-15(8-6-14)21-11-10-17-13-21/h5-8,10-13,19,23H,1-4,9H2,(H,20,22)/b18-12+. The Morgan fingerprint density at radius 2 is 2.09 bits per heavy atom. The molecule has 7 heteroatoms. The molecule has 0 radical (unpaired) electrons. The van der Waals surface area contributed by atoms with Gasteiger partial charge in [-0.3, -0.25) is 4.79 Å². The van der Waals surface area contributed by atoms with Crippen LogP contribution in [0.2, 0.25) is 0 Å². The Balaban J connectivity index is 1.72. The number of unbranched alkanes of at least 4 members (excludes halogenated alkanes) is 2. The maximum Gasteiger partial charge on any atom is 0.240 e. The van der Waals surface area contributed by atoms with Gasteiger partial charge in [-0.15, -0.1) is 0 Å². The number of hydroxylamine groups is 1. The van der Waals surface area contributed by atoms with Crippen molar-refractivity contribution in [3.8, 4) is 5.69 Å². The van der Waals surface area contributed by atoms with Crippen molar-refractivity contribution in [2.24, 2.45) is 5.10 Å². The van der Waals surface area contributed by atoms with E-state index in [2.05, 4.69) is 21.0 Å². The molecule has 0 aliphatic rings. The maximum atomic E-state index is 11.6. The van der Waals surface area contributed by atoms with Gasteiger partial charge in [0.1, 0.15) is 0 Å². The average molecular weight is 315 g/mol. The first-order valence-electron chi connectivity index (χ1n) is 7.57. The van der Waals surface area contributed by atoms with E-state index >= 15 is 0 Å². The van der Waals surface area contributed by atoms with E-state index in [0.29, 0.717) is 13.0 Å². The van der Waals surface area contributed by atoms with Crippen molar-refractivity contribution in [1.29, 1.82) is 0 Å². The second kappa shape index (κ2) is 9.50. The molecule has 0 aliphatic carbocycles. The summed E-state index contributed by atoms with van der Waals surface area (Å²) in [6.45, 7) is 0.550. The number of rotatable bonds is 9. The fourth-order valence-corrected chi connectivity index (χ4v) is 2.05. The number of hydrazone groups is 1. The van der Waals surface area contributed by atoms with E-state index in [0.717, 1.165) is 30.5 Å². The van der Waals surface area contributed by atoms with Crippen molar-refractivity contribution in [1.82, 2.24) is 20.5 Å². The molecule has 7 nitrogen and oxygen atoms in total. The Hall–Kier alpha value is -2.51. The highest BCUT2D eigenvalue weighted by Gasteiger charge is 1.99. The van der Waals surface area contributed by atoms with Crippen LogP contribution in [0, 0.1) is 0 Å². The lowest BCUT2D eigenvalue weighted by Gasteiger charge is -2.02. The number of nitrogens with zero attached hydrogens (tertiary/aromatic N) is 3. The van der Waals surface area contributed by atoms with Crippen molar-refractivity contribution >= 4 is 12.1 Å². The number of imidazole rings is 1. The second-order valence-electron chi connectivity index (χ2n) is 5.07. The third-order valence-electron chi connectivity index (χ3n) is 3.29. The van der Waals surface area contributed by atoms with Crippen LogP contribution < -0.4 is 10.9 Å². The molecule has 0 aliphatic heterocycles. The van der Waals surface area contributed by atoms with Crippen molar-refractivity contribution in [2.45, 2.75) is 25.7 Å². The van der Waals surface area contributed by atoms with Gasteiger partial charge in [0.15, 0.2) is 0 Å². The summed E-state index contributed by atoms with van der Waals surface area (Å²) in [5.74, 6) is -0.103. The SMILES string of the molecule is O=C(CCCCCNO)N/N=C/c1ccc(-n2ccnc2)cc1. The second-order valence-corrected chi connectivity index (χ2v) is 5.07. The molecular weight excluding hydrogens is 294 g/mol. The van der Waals surface area contributed by atoms with E-state index in [1.165, 1.54) is 0 Å². The van der Waals surface area contributed by atoms with E-state index in [9.17, 15) is 4.79 Å². The van der Waals surface area contributed by atoms with Crippen molar-refractivity contribution < 1.29 is 10.0 Å². The number of amides is 1. The van der Waals surface area contributed by atoms with Crippen LogP contribution in [0.25, 0.3) is 5.69 Å². The Kier molecular flexibility index (Phi) is 6.96. The highest BCUT2D eigenvalue weighted by Crippen LogP contribution is 2.07. The molecule has 0 spiro atoms. The molecule has 0 bridgehead atoms. The minimum Gasteiger partial charge on any atom is -0.317 e. The smallest absolute Gasteiger partial charge is 0.240 e. The van der Waals surface area contributed by atoms with Crippen LogP contribution in [-0.4, -0.2) is 33.4 Å². The molecule has 1 aromatic carbocycles. The zero-order valence-electron chi connectivity index (χ0n) is 12.9. The minimum atomic E-state index is -0.103. The molecule has 3 N–H and O–H groups in total. The highest BCUT2D eigenvalue weighted by molar-refractivity contribution is 5.82. The van der Waals surface area contributed by atoms with Crippen LogP contribution in [-0.2, 0) is 4.79 Å². The van der Waals surface area contributed by atoms with E-state index in [4.69, 9.17) is 5.21 Å². The number of hydrogen-bond acceptors (Lipinski definition) is 5. The van der Waals surface area contributed by atoms with E-state index < -0.39 is 0 Å². The number of aromatic nitrogens is 2.